The van der Waals surface area contributed by atoms with Crippen LogP contribution in [0.1, 0.15) is 39.0 Å². The summed E-state index contributed by atoms with van der Waals surface area (Å²) < 4.78 is 5.46. The van der Waals surface area contributed by atoms with E-state index in [9.17, 15) is 0 Å². The monoisotopic (exact) mass is 304 g/mol. The van der Waals surface area contributed by atoms with Gasteiger partial charge in [-0.1, -0.05) is 31.0 Å². The number of hydrogen-bond donors (Lipinski definition) is 1. The molecule has 0 radical (unpaired) electrons. The van der Waals surface area contributed by atoms with E-state index < -0.39 is 0 Å². The SMILES string of the molecule is CCOc1ccc(NC2=NCC3(CCCCC3)CS2)cc1. The van der Waals surface area contributed by atoms with Crippen molar-refractivity contribution in [3.05, 3.63) is 24.3 Å². The Morgan fingerprint density at radius 3 is 2.57 bits per heavy atom. The fourth-order valence-electron chi connectivity index (χ4n) is 3.16. The zero-order valence-corrected chi connectivity index (χ0v) is 13.5. The molecule has 1 heterocycles. The highest BCUT2D eigenvalue weighted by Gasteiger charge is 2.34. The highest BCUT2D eigenvalue weighted by atomic mass is 32.2. The quantitative estimate of drug-likeness (QED) is 0.889. The van der Waals surface area contributed by atoms with Crippen LogP contribution in [0.2, 0.25) is 0 Å². The first-order chi connectivity index (χ1) is 10.3. The summed E-state index contributed by atoms with van der Waals surface area (Å²) in [6, 6.07) is 8.11. The molecule has 0 bridgehead atoms. The molecule has 1 N–H and O–H groups in total. The molecule has 3 nitrogen and oxygen atoms in total. The molecule has 1 aliphatic heterocycles. The number of nitrogens with one attached hydrogen (secondary N) is 1. The molecule has 1 spiro atoms. The van der Waals surface area contributed by atoms with Crippen molar-refractivity contribution < 1.29 is 4.74 Å². The van der Waals surface area contributed by atoms with Gasteiger partial charge in [-0.3, -0.25) is 4.99 Å². The summed E-state index contributed by atoms with van der Waals surface area (Å²) in [6.45, 7) is 3.71. The van der Waals surface area contributed by atoms with Crippen LogP contribution < -0.4 is 10.1 Å². The van der Waals surface area contributed by atoms with E-state index in [4.69, 9.17) is 9.73 Å². The molecule has 0 amide bonds. The second kappa shape index (κ2) is 6.73. The zero-order chi connectivity index (χ0) is 14.5. The van der Waals surface area contributed by atoms with Gasteiger partial charge in [0.2, 0.25) is 0 Å². The number of nitrogens with zero attached hydrogens (tertiary/aromatic N) is 1. The number of thioether (sulfide) groups is 1. The second-order valence-corrected chi connectivity index (χ2v) is 7.02. The number of rotatable bonds is 3. The first-order valence-electron chi connectivity index (χ1n) is 7.97. The number of ether oxygens (including phenoxy) is 1. The van der Waals surface area contributed by atoms with Gasteiger partial charge in [0.15, 0.2) is 5.17 Å². The summed E-state index contributed by atoms with van der Waals surface area (Å²) in [7, 11) is 0. The Morgan fingerprint density at radius 2 is 1.95 bits per heavy atom. The van der Waals surface area contributed by atoms with Crippen LogP contribution in [0, 0.1) is 5.41 Å². The first-order valence-corrected chi connectivity index (χ1v) is 8.95. The van der Waals surface area contributed by atoms with Crippen molar-refractivity contribution >= 4 is 22.6 Å². The molecular weight excluding hydrogens is 280 g/mol. The summed E-state index contributed by atoms with van der Waals surface area (Å²) in [6.07, 6.45) is 6.91. The Bertz CT molecular complexity index is 492. The molecule has 1 aromatic carbocycles. The maximum Gasteiger partial charge on any atom is 0.161 e. The Kier molecular flexibility index (Phi) is 4.73. The Labute approximate surface area is 131 Å². The van der Waals surface area contributed by atoms with Gasteiger partial charge in [0.25, 0.3) is 0 Å². The molecule has 21 heavy (non-hydrogen) atoms. The molecule has 1 fully saturated rings. The molecule has 1 saturated carbocycles. The molecule has 1 aliphatic carbocycles. The van der Waals surface area contributed by atoms with E-state index in [-0.39, 0.29) is 0 Å². The highest BCUT2D eigenvalue weighted by Crippen LogP contribution is 2.41. The van der Waals surface area contributed by atoms with Crippen LogP contribution in [0.15, 0.2) is 29.3 Å². The lowest BCUT2D eigenvalue weighted by atomic mass is 9.75. The lowest BCUT2D eigenvalue weighted by Gasteiger charge is -2.38. The molecule has 4 heteroatoms. The van der Waals surface area contributed by atoms with Crippen molar-refractivity contribution in [1.82, 2.24) is 0 Å². The van der Waals surface area contributed by atoms with E-state index in [1.165, 1.54) is 37.9 Å². The predicted molar refractivity (Wildman–Crippen MR) is 91.5 cm³/mol. The third kappa shape index (κ3) is 3.73. The average molecular weight is 304 g/mol. The summed E-state index contributed by atoms with van der Waals surface area (Å²) in [5, 5.41) is 4.49. The molecule has 114 valence electrons. The molecule has 0 saturated heterocycles. The van der Waals surface area contributed by atoms with Crippen molar-refractivity contribution in [2.24, 2.45) is 10.4 Å². The van der Waals surface area contributed by atoms with E-state index in [0.717, 1.165) is 23.1 Å². The number of anilines is 1. The standard InChI is InChI=1S/C17H24N2OS/c1-2-20-15-8-6-14(7-9-15)19-16-18-12-17(13-21-16)10-4-3-5-11-17/h6-9H,2-5,10-13H2,1H3,(H,18,19). The molecule has 1 aromatic rings. The van der Waals surface area contributed by atoms with E-state index in [0.29, 0.717) is 12.0 Å². The maximum absolute atomic E-state index is 5.46. The molecule has 3 rings (SSSR count). The minimum atomic E-state index is 0.493. The van der Waals surface area contributed by atoms with Gasteiger partial charge in [-0.15, -0.1) is 0 Å². The van der Waals surface area contributed by atoms with Crippen LogP contribution >= 0.6 is 11.8 Å². The number of amidine groups is 1. The minimum Gasteiger partial charge on any atom is -0.494 e. The van der Waals surface area contributed by atoms with Crippen molar-refractivity contribution in [3.63, 3.8) is 0 Å². The zero-order valence-electron chi connectivity index (χ0n) is 12.7. The van der Waals surface area contributed by atoms with Crippen LogP contribution in [0.25, 0.3) is 0 Å². The topological polar surface area (TPSA) is 33.6 Å². The Balaban J connectivity index is 1.58. The number of aliphatic imine (C=N–C) groups is 1. The lowest BCUT2D eigenvalue weighted by molar-refractivity contribution is 0.232. The average Bonchev–Trinajstić information content (AvgIpc) is 2.53. The summed E-state index contributed by atoms with van der Waals surface area (Å²) in [5.41, 5.74) is 1.58. The van der Waals surface area contributed by atoms with Crippen molar-refractivity contribution in [1.29, 1.82) is 0 Å². The third-order valence-electron chi connectivity index (χ3n) is 4.40. The van der Waals surface area contributed by atoms with Crippen LogP contribution in [-0.4, -0.2) is 24.1 Å². The van der Waals surface area contributed by atoms with Crippen molar-refractivity contribution in [2.45, 2.75) is 39.0 Å². The third-order valence-corrected chi connectivity index (χ3v) is 5.67. The van der Waals surface area contributed by atoms with Crippen LogP contribution in [0.4, 0.5) is 5.69 Å². The van der Waals surface area contributed by atoms with E-state index >= 15 is 0 Å². The van der Waals surface area contributed by atoms with Gasteiger partial charge in [0.1, 0.15) is 5.75 Å². The van der Waals surface area contributed by atoms with Crippen molar-refractivity contribution in [3.8, 4) is 5.75 Å². The molecule has 2 aliphatic rings. The summed E-state index contributed by atoms with van der Waals surface area (Å²) >= 11 is 1.89. The minimum absolute atomic E-state index is 0.493. The van der Waals surface area contributed by atoms with Gasteiger partial charge in [0, 0.05) is 18.0 Å². The van der Waals surface area contributed by atoms with Crippen LogP contribution in [-0.2, 0) is 0 Å². The lowest BCUT2D eigenvalue weighted by Crippen LogP contribution is -2.35. The van der Waals surface area contributed by atoms with E-state index in [1.807, 2.05) is 30.8 Å². The largest absolute Gasteiger partial charge is 0.494 e. The molecule has 0 aromatic heterocycles. The Hall–Kier alpha value is -1.16. The maximum atomic E-state index is 5.46. The molecule has 0 atom stereocenters. The number of hydrogen-bond acceptors (Lipinski definition) is 4. The fraction of sp³-hybridized carbons (Fsp3) is 0.588. The first kappa shape index (κ1) is 14.8. The number of benzene rings is 1. The van der Waals surface area contributed by atoms with Gasteiger partial charge in [-0.2, -0.15) is 0 Å². The second-order valence-electron chi connectivity index (χ2n) is 6.05. The smallest absolute Gasteiger partial charge is 0.161 e. The Morgan fingerprint density at radius 1 is 1.19 bits per heavy atom. The van der Waals surface area contributed by atoms with Crippen LogP contribution in [0.5, 0.6) is 5.75 Å². The fourth-order valence-corrected chi connectivity index (χ4v) is 4.33. The van der Waals surface area contributed by atoms with E-state index in [2.05, 4.69) is 17.4 Å². The van der Waals surface area contributed by atoms with Gasteiger partial charge >= 0.3 is 0 Å². The van der Waals surface area contributed by atoms with Crippen LogP contribution in [0.3, 0.4) is 0 Å². The van der Waals surface area contributed by atoms with Crippen molar-refractivity contribution in [2.75, 3.05) is 24.2 Å². The highest BCUT2D eigenvalue weighted by molar-refractivity contribution is 8.14. The predicted octanol–water partition coefficient (Wildman–Crippen LogP) is 4.55. The summed E-state index contributed by atoms with van der Waals surface area (Å²) in [5.74, 6) is 2.14. The molecule has 0 unspecified atom stereocenters. The van der Waals surface area contributed by atoms with Gasteiger partial charge < -0.3 is 10.1 Å². The summed E-state index contributed by atoms with van der Waals surface area (Å²) in [4.78, 5) is 4.80. The van der Waals surface area contributed by atoms with E-state index in [1.54, 1.807) is 0 Å². The molecular formula is C17H24N2OS. The van der Waals surface area contributed by atoms with Gasteiger partial charge in [-0.25, -0.2) is 0 Å². The van der Waals surface area contributed by atoms with Gasteiger partial charge in [0.05, 0.1) is 6.61 Å². The van der Waals surface area contributed by atoms with Gasteiger partial charge in [-0.05, 0) is 49.4 Å². The normalized spacial score (nSPS) is 20.9.